The lowest BCUT2D eigenvalue weighted by Gasteiger charge is -2.24. The lowest BCUT2D eigenvalue weighted by atomic mass is 10.1. The number of fused-ring (bicyclic) bond motifs is 1. The second-order valence-electron chi connectivity index (χ2n) is 8.08. The van der Waals surface area contributed by atoms with Crippen molar-refractivity contribution in [2.45, 2.75) is 52.4 Å². The third-order valence-corrected chi connectivity index (χ3v) is 5.51. The third kappa shape index (κ3) is 5.38. The van der Waals surface area contributed by atoms with Crippen molar-refractivity contribution in [1.82, 2.24) is 30.1 Å². The van der Waals surface area contributed by atoms with Crippen LogP contribution in [0.5, 0.6) is 0 Å². The van der Waals surface area contributed by atoms with E-state index in [2.05, 4.69) is 31.5 Å². The van der Waals surface area contributed by atoms with E-state index >= 15 is 0 Å². The predicted octanol–water partition coefficient (Wildman–Crippen LogP) is 1.57. The van der Waals surface area contributed by atoms with Gasteiger partial charge in [-0.3, -0.25) is 14.5 Å². The predicted molar refractivity (Wildman–Crippen MR) is 117 cm³/mol. The summed E-state index contributed by atoms with van der Waals surface area (Å²) >= 11 is 0. The molecule has 1 N–H and O–H groups in total. The maximum absolute atomic E-state index is 12.8. The molecule has 0 aliphatic carbocycles. The summed E-state index contributed by atoms with van der Waals surface area (Å²) in [6.45, 7) is 6.18. The van der Waals surface area contributed by atoms with Gasteiger partial charge in [-0.1, -0.05) is 11.6 Å². The molecule has 3 heterocycles. The first-order valence-corrected chi connectivity index (χ1v) is 10.9. The van der Waals surface area contributed by atoms with Gasteiger partial charge in [0.25, 0.3) is 5.56 Å². The van der Waals surface area contributed by atoms with E-state index in [1.807, 2.05) is 25.1 Å². The van der Waals surface area contributed by atoms with E-state index in [-0.39, 0.29) is 18.2 Å². The Hall–Kier alpha value is -3.11. The molecule has 0 saturated carbocycles. The van der Waals surface area contributed by atoms with Gasteiger partial charge in [-0.15, -0.1) is 5.10 Å². The van der Waals surface area contributed by atoms with Gasteiger partial charge in [0.15, 0.2) is 5.82 Å². The average molecular weight is 441 g/mol. The minimum Gasteiger partial charge on any atom is -0.465 e. The summed E-state index contributed by atoms with van der Waals surface area (Å²) < 4.78 is 12.3. The average Bonchev–Trinajstić information content (AvgIpc) is 3.41. The molecule has 170 valence electrons. The van der Waals surface area contributed by atoms with Crippen molar-refractivity contribution < 1.29 is 14.3 Å². The van der Waals surface area contributed by atoms with Crippen molar-refractivity contribution >= 4 is 16.9 Å². The van der Waals surface area contributed by atoms with Gasteiger partial charge in [-0.25, -0.2) is 4.68 Å². The standard InChI is InChI=1S/C22H28N6O4/c1-3-31-21(29)14-28-20(24-25-26-28)13-27(12-18-5-4-8-32-18)11-17-10-16-9-15(2)6-7-19(16)23-22(17)30/h6-7,9-10,18H,3-5,8,11-14H2,1-2H3,(H,23,30)/t18-/m1/s1. The molecule has 1 aliphatic heterocycles. The lowest BCUT2D eigenvalue weighted by molar-refractivity contribution is -0.144. The monoisotopic (exact) mass is 440 g/mol. The van der Waals surface area contributed by atoms with E-state index in [4.69, 9.17) is 9.47 Å². The highest BCUT2D eigenvalue weighted by molar-refractivity contribution is 5.79. The van der Waals surface area contributed by atoms with Crippen molar-refractivity contribution in [2.75, 3.05) is 19.8 Å². The molecule has 0 spiro atoms. The van der Waals surface area contributed by atoms with E-state index in [1.54, 1.807) is 6.92 Å². The van der Waals surface area contributed by atoms with Crippen LogP contribution in [-0.2, 0) is 33.9 Å². The second kappa shape index (κ2) is 10.0. The first-order valence-electron chi connectivity index (χ1n) is 10.9. The van der Waals surface area contributed by atoms with Gasteiger partial charge in [0.2, 0.25) is 0 Å². The summed E-state index contributed by atoms with van der Waals surface area (Å²) in [6.07, 6.45) is 2.08. The fourth-order valence-electron chi connectivity index (χ4n) is 3.98. The Morgan fingerprint density at radius 2 is 2.22 bits per heavy atom. The molecule has 0 bridgehead atoms. The quantitative estimate of drug-likeness (QED) is 0.499. The number of nitrogens with one attached hydrogen (secondary N) is 1. The van der Waals surface area contributed by atoms with Crippen molar-refractivity contribution in [3.8, 4) is 0 Å². The molecule has 1 aliphatic rings. The number of hydrogen-bond acceptors (Lipinski definition) is 8. The van der Waals surface area contributed by atoms with Crippen LogP contribution in [-0.4, -0.2) is 61.9 Å². The van der Waals surface area contributed by atoms with Gasteiger partial charge < -0.3 is 14.5 Å². The van der Waals surface area contributed by atoms with Crippen LogP contribution in [0.3, 0.4) is 0 Å². The molecule has 1 atom stereocenters. The number of nitrogens with zero attached hydrogens (tertiary/aromatic N) is 5. The zero-order valence-electron chi connectivity index (χ0n) is 18.4. The molecule has 1 fully saturated rings. The van der Waals surface area contributed by atoms with Crippen LogP contribution in [0.25, 0.3) is 10.9 Å². The van der Waals surface area contributed by atoms with Crippen LogP contribution in [0, 0.1) is 6.92 Å². The Morgan fingerprint density at radius 3 is 3.00 bits per heavy atom. The van der Waals surface area contributed by atoms with Crippen molar-refractivity contribution in [1.29, 1.82) is 0 Å². The number of tetrazole rings is 1. The molecular weight excluding hydrogens is 412 g/mol. The Kier molecular flexibility index (Phi) is 6.91. The van der Waals surface area contributed by atoms with Crippen molar-refractivity contribution in [3.05, 3.63) is 51.6 Å². The highest BCUT2D eigenvalue weighted by atomic mass is 16.5. The largest absolute Gasteiger partial charge is 0.465 e. The summed E-state index contributed by atoms with van der Waals surface area (Å²) in [4.78, 5) is 29.7. The Morgan fingerprint density at radius 1 is 1.34 bits per heavy atom. The summed E-state index contributed by atoms with van der Waals surface area (Å²) in [6, 6.07) is 7.89. The molecule has 32 heavy (non-hydrogen) atoms. The molecular formula is C22H28N6O4. The molecule has 1 saturated heterocycles. The Balaban J connectivity index is 1.57. The van der Waals surface area contributed by atoms with Crippen LogP contribution < -0.4 is 5.56 Å². The molecule has 10 nitrogen and oxygen atoms in total. The number of aromatic nitrogens is 5. The minimum absolute atomic E-state index is 0.0558. The lowest BCUT2D eigenvalue weighted by Crippen LogP contribution is -2.34. The third-order valence-electron chi connectivity index (χ3n) is 5.51. The van der Waals surface area contributed by atoms with Crippen LogP contribution in [0.2, 0.25) is 0 Å². The van der Waals surface area contributed by atoms with Crippen molar-refractivity contribution in [2.24, 2.45) is 0 Å². The molecule has 0 amide bonds. The highest BCUT2D eigenvalue weighted by Gasteiger charge is 2.23. The minimum atomic E-state index is -0.395. The number of hydrogen-bond donors (Lipinski definition) is 1. The second-order valence-corrected chi connectivity index (χ2v) is 8.08. The summed E-state index contributed by atoms with van der Waals surface area (Å²) in [7, 11) is 0. The SMILES string of the molecule is CCOC(=O)Cn1nnnc1CN(Cc1cc2cc(C)ccc2[nH]c1=O)C[C@H]1CCCO1. The number of H-pyrrole nitrogens is 1. The van der Waals surface area contributed by atoms with E-state index < -0.39 is 5.97 Å². The fourth-order valence-corrected chi connectivity index (χ4v) is 3.98. The molecule has 4 rings (SSSR count). The number of esters is 1. The zero-order valence-corrected chi connectivity index (χ0v) is 18.4. The highest BCUT2D eigenvalue weighted by Crippen LogP contribution is 2.18. The van der Waals surface area contributed by atoms with Crippen molar-refractivity contribution in [3.63, 3.8) is 0 Å². The van der Waals surface area contributed by atoms with Gasteiger partial charge in [0.1, 0.15) is 6.54 Å². The number of pyridine rings is 1. The smallest absolute Gasteiger partial charge is 0.327 e. The normalized spacial score (nSPS) is 16.2. The molecule has 10 heteroatoms. The first kappa shape index (κ1) is 22.1. The van der Waals surface area contributed by atoms with Crippen LogP contribution in [0.15, 0.2) is 29.1 Å². The maximum atomic E-state index is 12.8. The van der Waals surface area contributed by atoms with E-state index in [0.717, 1.165) is 35.9 Å². The van der Waals surface area contributed by atoms with Crippen LogP contribution in [0.1, 0.15) is 36.7 Å². The zero-order chi connectivity index (χ0) is 22.5. The molecule has 0 radical (unpaired) electrons. The fraction of sp³-hybridized carbons (Fsp3) is 0.500. The number of rotatable bonds is 9. The van der Waals surface area contributed by atoms with E-state index in [9.17, 15) is 9.59 Å². The summed E-state index contributed by atoms with van der Waals surface area (Å²) in [5, 5.41) is 12.7. The number of aromatic amines is 1. The Bertz CT molecular complexity index is 1130. The molecule has 0 unspecified atom stereocenters. The number of carbonyl (C=O) groups excluding carboxylic acids is 1. The summed E-state index contributed by atoms with van der Waals surface area (Å²) in [5.74, 6) is 0.136. The van der Waals surface area contributed by atoms with Crippen LogP contribution in [0.4, 0.5) is 0 Å². The van der Waals surface area contributed by atoms with Crippen LogP contribution >= 0.6 is 0 Å². The number of carbonyl (C=O) groups is 1. The van der Waals surface area contributed by atoms with Gasteiger partial charge in [-0.2, -0.15) is 0 Å². The van der Waals surface area contributed by atoms with E-state index in [1.165, 1.54) is 4.68 Å². The van der Waals surface area contributed by atoms with E-state index in [0.29, 0.717) is 37.6 Å². The van der Waals surface area contributed by atoms with Gasteiger partial charge in [0, 0.05) is 30.8 Å². The maximum Gasteiger partial charge on any atom is 0.327 e. The Labute approximate surface area is 185 Å². The molecule has 2 aromatic heterocycles. The number of ether oxygens (including phenoxy) is 2. The summed E-state index contributed by atoms with van der Waals surface area (Å²) in [5.41, 5.74) is 2.48. The van der Waals surface area contributed by atoms with Gasteiger partial charge in [-0.05, 0) is 60.7 Å². The van der Waals surface area contributed by atoms with Gasteiger partial charge >= 0.3 is 5.97 Å². The number of aryl methyl sites for hydroxylation is 1. The molecule has 3 aromatic rings. The topological polar surface area (TPSA) is 115 Å². The first-order chi connectivity index (χ1) is 15.5. The molecule has 1 aromatic carbocycles. The van der Waals surface area contributed by atoms with Gasteiger partial charge in [0.05, 0.1) is 19.3 Å². The number of benzene rings is 1.